The van der Waals surface area contributed by atoms with Crippen LogP contribution in [0.15, 0.2) is 218 Å². The topological polar surface area (TPSA) is 51.6 Å². The second-order valence-electron chi connectivity index (χ2n) is 14.3. The molecule has 272 valence electrons. The molecule has 8 aromatic carbocycles. The molecule has 10 rings (SSSR count). The van der Waals surface area contributed by atoms with Crippen LogP contribution in [-0.4, -0.2) is 19.9 Å². The first-order valence-electron chi connectivity index (χ1n) is 19.5. The molecule has 10 aromatic rings. The van der Waals surface area contributed by atoms with E-state index < -0.39 is 0 Å². The van der Waals surface area contributed by atoms with E-state index in [4.69, 9.17) is 19.9 Å². The summed E-state index contributed by atoms with van der Waals surface area (Å²) in [6, 6.07) is 75.7. The fourth-order valence-corrected chi connectivity index (χ4v) is 7.60. The van der Waals surface area contributed by atoms with Gasteiger partial charge in [-0.15, -0.1) is 0 Å². The van der Waals surface area contributed by atoms with Crippen LogP contribution in [0.3, 0.4) is 0 Å². The summed E-state index contributed by atoms with van der Waals surface area (Å²) in [5.41, 5.74) is 14.3. The van der Waals surface area contributed by atoms with Crippen LogP contribution in [0.5, 0.6) is 0 Å². The molecule has 0 radical (unpaired) electrons. The highest BCUT2D eigenvalue weighted by Crippen LogP contribution is 2.38. The Morgan fingerprint density at radius 3 is 0.828 bits per heavy atom. The van der Waals surface area contributed by atoms with Crippen LogP contribution < -0.4 is 0 Å². The third kappa shape index (κ3) is 6.95. The van der Waals surface area contributed by atoms with Crippen molar-refractivity contribution < 1.29 is 0 Å². The van der Waals surface area contributed by atoms with Crippen LogP contribution in [0.4, 0.5) is 0 Å². The molecule has 0 unspecified atom stereocenters. The molecule has 2 heterocycles. The molecule has 0 bridgehead atoms. The Bertz CT molecular complexity index is 2680. The summed E-state index contributed by atoms with van der Waals surface area (Å²) in [5, 5.41) is 2.38. The van der Waals surface area contributed by atoms with E-state index in [9.17, 15) is 0 Å². The van der Waals surface area contributed by atoms with Crippen LogP contribution in [0, 0.1) is 0 Å². The molecule has 4 heteroatoms. The fraction of sp³-hybridized carbons (Fsp3) is 0. The predicted molar refractivity (Wildman–Crippen MR) is 239 cm³/mol. The molecular formula is C54H36N4. The third-order valence-electron chi connectivity index (χ3n) is 10.5. The Labute approximate surface area is 337 Å². The average Bonchev–Trinajstić information content (AvgIpc) is 3.32. The van der Waals surface area contributed by atoms with Crippen molar-refractivity contribution >= 4 is 10.8 Å². The van der Waals surface area contributed by atoms with Crippen molar-refractivity contribution in [2.24, 2.45) is 0 Å². The van der Waals surface area contributed by atoms with E-state index in [0.29, 0.717) is 11.6 Å². The molecule has 0 amide bonds. The maximum Gasteiger partial charge on any atom is 0.160 e. The number of fused-ring (bicyclic) bond motifs is 1. The Balaban J connectivity index is 1.01. The van der Waals surface area contributed by atoms with Gasteiger partial charge < -0.3 is 0 Å². The summed E-state index contributed by atoms with van der Waals surface area (Å²) < 4.78 is 0. The van der Waals surface area contributed by atoms with Gasteiger partial charge in [-0.3, -0.25) is 0 Å². The number of benzene rings is 8. The van der Waals surface area contributed by atoms with Crippen LogP contribution in [-0.2, 0) is 0 Å². The van der Waals surface area contributed by atoms with Crippen molar-refractivity contribution in [1.82, 2.24) is 19.9 Å². The summed E-state index contributed by atoms with van der Waals surface area (Å²) in [6.45, 7) is 0. The van der Waals surface area contributed by atoms with E-state index in [-0.39, 0.29) is 0 Å². The van der Waals surface area contributed by atoms with Crippen molar-refractivity contribution in [3.8, 4) is 90.1 Å². The Morgan fingerprint density at radius 1 is 0.224 bits per heavy atom. The van der Waals surface area contributed by atoms with Gasteiger partial charge in [0.05, 0.1) is 22.8 Å². The molecule has 0 N–H and O–H groups in total. The quantitative estimate of drug-likeness (QED) is 0.156. The molecule has 0 atom stereocenters. The lowest BCUT2D eigenvalue weighted by Gasteiger charge is -2.14. The number of aromatic nitrogens is 4. The van der Waals surface area contributed by atoms with Gasteiger partial charge >= 0.3 is 0 Å². The molecule has 0 fully saturated rings. The van der Waals surface area contributed by atoms with Crippen molar-refractivity contribution in [2.75, 3.05) is 0 Å². The molecule has 0 aliphatic heterocycles. The predicted octanol–water partition coefficient (Wildman–Crippen LogP) is 13.8. The van der Waals surface area contributed by atoms with Gasteiger partial charge in [0.2, 0.25) is 0 Å². The SMILES string of the molecule is c1ccc(-c2cc(-c3ccccc3)nc(-c3ccc(-c4cccc5cccc(-c6ccc(-c7nc(-c8ccccc8)cc(-c8ccccc8)n7)cc6)c45)cc3)n2)cc1. The number of hydrogen-bond donors (Lipinski definition) is 0. The normalized spacial score (nSPS) is 11.1. The van der Waals surface area contributed by atoms with Crippen molar-refractivity contribution in [3.05, 3.63) is 218 Å². The minimum atomic E-state index is 0.694. The number of hydrogen-bond acceptors (Lipinski definition) is 4. The molecule has 58 heavy (non-hydrogen) atoms. The second-order valence-corrected chi connectivity index (χ2v) is 14.3. The molecule has 0 aliphatic rings. The summed E-state index contributed by atoms with van der Waals surface area (Å²) in [7, 11) is 0. The standard InChI is InChI=1S/C54H36N4/c1-5-15-39(16-6-1)48-35-49(40-17-7-2-8-18-40)56-53(55-48)44-31-27-37(28-32-44)46-25-13-23-43-24-14-26-47(52(43)46)38-29-33-45(34-30-38)54-57-50(41-19-9-3-10-20-41)36-51(58-54)42-21-11-4-12-22-42/h1-36H. The minimum Gasteiger partial charge on any atom is -0.228 e. The highest BCUT2D eigenvalue weighted by atomic mass is 14.9. The summed E-state index contributed by atoms with van der Waals surface area (Å²) >= 11 is 0. The van der Waals surface area contributed by atoms with Gasteiger partial charge in [-0.1, -0.05) is 206 Å². The summed E-state index contributed by atoms with van der Waals surface area (Å²) in [4.78, 5) is 20.2. The van der Waals surface area contributed by atoms with Crippen molar-refractivity contribution in [1.29, 1.82) is 0 Å². The van der Waals surface area contributed by atoms with Gasteiger partial charge in [-0.25, -0.2) is 19.9 Å². The largest absolute Gasteiger partial charge is 0.228 e. The lowest BCUT2D eigenvalue weighted by molar-refractivity contribution is 1.18. The number of nitrogens with zero attached hydrogens (tertiary/aromatic N) is 4. The van der Waals surface area contributed by atoms with E-state index in [2.05, 4.69) is 146 Å². The van der Waals surface area contributed by atoms with Crippen LogP contribution in [0.2, 0.25) is 0 Å². The molecular weight excluding hydrogens is 705 g/mol. The highest BCUT2D eigenvalue weighted by Gasteiger charge is 2.15. The van der Waals surface area contributed by atoms with Crippen molar-refractivity contribution in [2.45, 2.75) is 0 Å². The third-order valence-corrected chi connectivity index (χ3v) is 10.5. The first-order valence-corrected chi connectivity index (χ1v) is 19.5. The molecule has 0 saturated carbocycles. The zero-order chi connectivity index (χ0) is 38.7. The van der Waals surface area contributed by atoms with Gasteiger partial charge in [0.1, 0.15) is 0 Å². The lowest BCUT2D eigenvalue weighted by Crippen LogP contribution is -1.96. The average molecular weight is 741 g/mol. The van der Waals surface area contributed by atoms with Crippen molar-refractivity contribution in [3.63, 3.8) is 0 Å². The second kappa shape index (κ2) is 15.4. The van der Waals surface area contributed by atoms with Crippen LogP contribution in [0.25, 0.3) is 101 Å². The van der Waals surface area contributed by atoms with Crippen LogP contribution in [0.1, 0.15) is 0 Å². The molecule has 0 saturated heterocycles. The zero-order valence-corrected chi connectivity index (χ0v) is 31.6. The van der Waals surface area contributed by atoms with Gasteiger partial charge in [-0.2, -0.15) is 0 Å². The van der Waals surface area contributed by atoms with Gasteiger partial charge in [0.25, 0.3) is 0 Å². The van der Waals surface area contributed by atoms with Gasteiger partial charge in [0.15, 0.2) is 11.6 Å². The Kier molecular flexibility index (Phi) is 9.18. The summed E-state index contributed by atoms with van der Waals surface area (Å²) in [5.74, 6) is 1.39. The molecule has 4 nitrogen and oxygen atoms in total. The smallest absolute Gasteiger partial charge is 0.160 e. The van der Waals surface area contributed by atoms with E-state index in [1.165, 1.54) is 21.9 Å². The highest BCUT2D eigenvalue weighted by molar-refractivity contribution is 6.06. The maximum atomic E-state index is 5.05. The first kappa shape index (κ1) is 34.7. The monoisotopic (exact) mass is 740 g/mol. The summed E-state index contributed by atoms with van der Waals surface area (Å²) in [6.07, 6.45) is 0. The lowest BCUT2D eigenvalue weighted by atomic mass is 9.91. The Hall–Kier alpha value is -7.82. The van der Waals surface area contributed by atoms with Gasteiger partial charge in [0, 0.05) is 33.4 Å². The van der Waals surface area contributed by atoms with E-state index >= 15 is 0 Å². The van der Waals surface area contributed by atoms with E-state index in [1.807, 2.05) is 72.8 Å². The first-order chi connectivity index (χ1) is 28.7. The van der Waals surface area contributed by atoms with Gasteiger partial charge in [-0.05, 0) is 45.2 Å². The zero-order valence-electron chi connectivity index (χ0n) is 31.6. The maximum absolute atomic E-state index is 5.05. The van der Waals surface area contributed by atoms with Crippen LogP contribution >= 0.6 is 0 Å². The Morgan fingerprint density at radius 2 is 0.517 bits per heavy atom. The fourth-order valence-electron chi connectivity index (χ4n) is 7.60. The number of rotatable bonds is 8. The van der Waals surface area contributed by atoms with E-state index in [1.54, 1.807) is 0 Å². The molecule has 0 aliphatic carbocycles. The molecule has 0 spiro atoms. The molecule has 2 aromatic heterocycles. The van der Waals surface area contributed by atoms with E-state index in [0.717, 1.165) is 67.3 Å². The minimum absolute atomic E-state index is 0.694.